The molecule has 4 N–H and O–H groups in total. The first-order valence-corrected chi connectivity index (χ1v) is 4.75. The smallest absolute Gasteiger partial charge is 0.217 e. The Hall–Kier alpha value is -0.960. The predicted octanol–water partition coefficient (Wildman–Crippen LogP) is -2.77. The van der Waals surface area contributed by atoms with Gasteiger partial charge in [0.05, 0.1) is 0 Å². The van der Waals surface area contributed by atoms with Gasteiger partial charge in [0.2, 0.25) is 11.0 Å². The van der Waals surface area contributed by atoms with Crippen LogP contribution in [0.25, 0.3) is 0 Å². The van der Waals surface area contributed by atoms with Crippen LogP contribution in [0.2, 0.25) is 0 Å². The van der Waals surface area contributed by atoms with Crippen molar-refractivity contribution >= 4 is 29.9 Å². The molecular formula is C8H13NO6S. The van der Waals surface area contributed by atoms with E-state index in [1.54, 1.807) is 0 Å². The third kappa shape index (κ3) is 4.27. The van der Waals surface area contributed by atoms with Gasteiger partial charge in [-0.25, -0.2) is 0 Å². The molecule has 16 heavy (non-hydrogen) atoms. The highest BCUT2D eigenvalue weighted by atomic mass is 32.1. The van der Waals surface area contributed by atoms with Crippen LogP contribution >= 0.6 is 12.6 Å². The van der Waals surface area contributed by atoms with E-state index in [1.165, 1.54) is 0 Å². The number of amides is 1. The first kappa shape index (κ1) is 15.0. The van der Waals surface area contributed by atoms with Gasteiger partial charge in [-0.3, -0.25) is 9.59 Å². The minimum Gasteiger partial charge on any atom is -0.388 e. The quantitative estimate of drug-likeness (QED) is 0.257. The number of aliphatic hydroxyl groups excluding tert-OH is 3. The molecule has 0 rings (SSSR count). The van der Waals surface area contributed by atoms with E-state index in [2.05, 4.69) is 12.6 Å². The molecule has 0 aliphatic carbocycles. The Morgan fingerprint density at radius 1 is 1.25 bits per heavy atom. The van der Waals surface area contributed by atoms with Gasteiger partial charge in [0.1, 0.15) is 24.5 Å². The summed E-state index contributed by atoms with van der Waals surface area (Å²) in [7, 11) is 0. The van der Waals surface area contributed by atoms with Crippen LogP contribution in [0.1, 0.15) is 6.92 Å². The predicted molar refractivity (Wildman–Crippen MR) is 55.7 cm³/mol. The van der Waals surface area contributed by atoms with Gasteiger partial charge in [-0.05, 0) is 0 Å². The van der Waals surface area contributed by atoms with E-state index in [0.29, 0.717) is 0 Å². The van der Waals surface area contributed by atoms with E-state index in [-0.39, 0.29) is 6.29 Å². The monoisotopic (exact) mass is 251 g/mol. The Morgan fingerprint density at radius 3 is 2.06 bits per heavy atom. The number of aliphatic hydroxyl groups is 3. The lowest BCUT2D eigenvalue weighted by Gasteiger charge is -2.25. The summed E-state index contributed by atoms with van der Waals surface area (Å²) >= 11 is 3.26. The van der Waals surface area contributed by atoms with Crippen LogP contribution in [-0.2, 0) is 14.4 Å². The van der Waals surface area contributed by atoms with E-state index in [1.807, 2.05) is 5.32 Å². The van der Waals surface area contributed by atoms with Crippen molar-refractivity contribution in [1.29, 1.82) is 0 Å². The summed E-state index contributed by atoms with van der Waals surface area (Å²) in [5.74, 6) is -0.602. The zero-order chi connectivity index (χ0) is 12.9. The van der Waals surface area contributed by atoms with Gasteiger partial charge in [-0.2, -0.15) is 0 Å². The summed E-state index contributed by atoms with van der Waals surface area (Å²) in [5, 5.41) is 28.8. The molecule has 0 aliphatic rings. The molecule has 0 aromatic rings. The first-order valence-electron chi connectivity index (χ1n) is 4.30. The normalized spacial score (nSPS) is 18.1. The Kier molecular flexibility index (Phi) is 6.19. The molecular weight excluding hydrogens is 238 g/mol. The van der Waals surface area contributed by atoms with Crippen molar-refractivity contribution < 1.29 is 29.7 Å². The summed E-state index contributed by atoms with van der Waals surface area (Å²) in [6, 6.07) is -1.41. The average molecular weight is 251 g/mol. The van der Waals surface area contributed by atoms with Crippen molar-refractivity contribution in [3.8, 4) is 0 Å². The molecule has 0 bridgehead atoms. The van der Waals surface area contributed by atoms with Crippen molar-refractivity contribution in [1.82, 2.24) is 5.32 Å². The fraction of sp³-hybridized carbons (Fsp3) is 0.625. The summed E-state index contributed by atoms with van der Waals surface area (Å²) in [4.78, 5) is 31.7. The molecule has 0 radical (unpaired) electrons. The fourth-order valence-corrected chi connectivity index (χ4v) is 1.13. The second-order valence-corrected chi connectivity index (χ2v) is 3.57. The zero-order valence-corrected chi connectivity index (χ0v) is 9.29. The highest BCUT2D eigenvalue weighted by molar-refractivity contribution is 7.96. The van der Waals surface area contributed by atoms with Crippen molar-refractivity contribution in [2.45, 2.75) is 31.3 Å². The van der Waals surface area contributed by atoms with Crippen LogP contribution in [0.3, 0.4) is 0 Å². The largest absolute Gasteiger partial charge is 0.388 e. The highest BCUT2D eigenvalue weighted by Crippen LogP contribution is 2.06. The number of rotatable bonds is 6. The Labute approximate surface area is 96.9 Å². The number of carbonyl (C=O) groups is 3. The van der Waals surface area contributed by atoms with Gasteiger partial charge in [-0.15, -0.1) is 12.6 Å². The van der Waals surface area contributed by atoms with Gasteiger partial charge >= 0.3 is 0 Å². The van der Waals surface area contributed by atoms with Crippen LogP contribution in [0, 0.1) is 0 Å². The topological polar surface area (TPSA) is 124 Å². The van der Waals surface area contributed by atoms with Crippen LogP contribution in [0.5, 0.6) is 0 Å². The molecule has 0 saturated carbocycles. The van der Waals surface area contributed by atoms with E-state index >= 15 is 0 Å². The highest BCUT2D eigenvalue weighted by Gasteiger charge is 2.34. The molecule has 0 spiro atoms. The molecule has 0 aromatic heterocycles. The Morgan fingerprint density at radius 2 is 1.75 bits per heavy atom. The lowest BCUT2D eigenvalue weighted by atomic mass is 10.0. The lowest BCUT2D eigenvalue weighted by molar-refractivity contribution is -0.135. The van der Waals surface area contributed by atoms with Crippen LogP contribution in [0.15, 0.2) is 0 Å². The maximum Gasteiger partial charge on any atom is 0.217 e. The molecule has 92 valence electrons. The van der Waals surface area contributed by atoms with Crippen molar-refractivity contribution in [2.24, 2.45) is 0 Å². The van der Waals surface area contributed by atoms with Crippen molar-refractivity contribution in [3.05, 3.63) is 0 Å². The van der Waals surface area contributed by atoms with E-state index in [0.717, 1.165) is 6.92 Å². The first-order chi connectivity index (χ1) is 7.31. The summed E-state index contributed by atoms with van der Waals surface area (Å²) in [6.45, 7) is 1.11. The molecule has 1 amide bonds. The molecule has 0 saturated heterocycles. The second-order valence-electron chi connectivity index (χ2n) is 3.13. The zero-order valence-electron chi connectivity index (χ0n) is 8.40. The lowest BCUT2D eigenvalue weighted by Crippen LogP contribution is -2.53. The maximum absolute atomic E-state index is 10.6. The van der Waals surface area contributed by atoms with Crippen LogP contribution in [-0.4, -0.2) is 57.0 Å². The number of nitrogens with one attached hydrogen (secondary N) is 1. The number of hydrogen-bond acceptors (Lipinski definition) is 6. The SMILES string of the molecule is CC(=O)N[C@H](C=O)[C@@H](O)[C@H](O)[C@H](O)C(=O)S. The third-order valence-corrected chi connectivity index (χ3v) is 2.08. The van der Waals surface area contributed by atoms with Gasteiger partial charge in [0.25, 0.3) is 0 Å². The standard InChI is InChI=1S/C8H13NO6S/c1-3(11)9-4(2-10)5(12)6(13)7(14)8(15)16/h2,4-7,12-14H,1H3,(H,9,11)(H,15,16)/t4-,5-,6+,7+/m1/s1. The summed E-state index contributed by atoms with van der Waals surface area (Å²) in [5.41, 5.74) is 0. The molecule has 0 unspecified atom stereocenters. The van der Waals surface area contributed by atoms with Gasteiger partial charge < -0.3 is 25.4 Å². The van der Waals surface area contributed by atoms with E-state index in [9.17, 15) is 24.6 Å². The maximum atomic E-state index is 10.6. The molecule has 0 fully saturated rings. The van der Waals surface area contributed by atoms with E-state index < -0.39 is 35.4 Å². The Bertz CT molecular complexity index is 284. The third-order valence-electron chi connectivity index (χ3n) is 1.81. The number of thiol groups is 1. The number of hydrogen-bond donors (Lipinski definition) is 5. The van der Waals surface area contributed by atoms with Gasteiger partial charge in [-0.1, -0.05) is 0 Å². The molecule has 8 heteroatoms. The minimum absolute atomic E-state index is 0.186. The van der Waals surface area contributed by atoms with Crippen molar-refractivity contribution in [3.63, 3.8) is 0 Å². The molecule has 0 aromatic carbocycles. The fourth-order valence-electron chi connectivity index (χ4n) is 0.980. The number of carbonyl (C=O) groups excluding carboxylic acids is 3. The summed E-state index contributed by atoms with van der Waals surface area (Å²) in [6.07, 6.45) is -5.46. The Balaban J connectivity index is 4.60. The molecule has 7 nitrogen and oxygen atoms in total. The van der Waals surface area contributed by atoms with Gasteiger partial charge in [0.15, 0.2) is 6.10 Å². The molecule has 4 atom stereocenters. The average Bonchev–Trinajstić information content (AvgIpc) is 2.22. The van der Waals surface area contributed by atoms with Crippen molar-refractivity contribution in [2.75, 3.05) is 0 Å². The van der Waals surface area contributed by atoms with Gasteiger partial charge in [0, 0.05) is 6.92 Å². The van der Waals surface area contributed by atoms with E-state index in [4.69, 9.17) is 5.11 Å². The second kappa shape index (κ2) is 6.59. The number of aldehydes is 1. The minimum atomic E-state index is -1.94. The molecule has 0 aliphatic heterocycles. The van der Waals surface area contributed by atoms with Crippen LogP contribution in [0.4, 0.5) is 0 Å². The van der Waals surface area contributed by atoms with Crippen LogP contribution < -0.4 is 5.32 Å². The summed E-state index contributed by atoms with van der Waals surface area (Å²) < 4.78 is 0. The molecule has 0 heterocycles.